The number of rotatable bonds is 5. The molecule has 0 saturated heterocycles. The maximum atomic E-state index is 9.70. The Morgan fingerprint density at radius 1 is 1.46 bits per heavy atom. The number of aliphatic hydroxyl groups is 1. The van der Waals surface area contributed by atoms with Gasteiger partial charge in [-0.1, -0.05) is 31.9 Å². The Kier molecular flexibility index (Phi) is 3.55. The Bertz CT molecular complexity index is 187. The highest BCUT2D eigenvalue weighted by molar-refractivity contribution is 5.23. The maximum Gasteiger partial charge on any atom is 0.0605 e. The van der Waals surface area contributed by atoms with Gasteiger partial charge in [-0.05, 0) is 32.6 Å². The summed E-state index contributed by atoms with van der Waals surface area (Å²) in [6.07, 6.45) is 8.04. The number of aliphatic hydroxyl groups excluding tert-OH is 1. The van der Waals surface area contributed by atoms with Gasteiger partial charge in [-0.25, -0.2) is 0 Å². The minimum atomic E-state index is -0.157. The molecule has 0 aliphatic heterocycles. The normalized spacial score (nSPS) is 22.9. The summed E-state index contributed by atoms with van der Waals surface area (Å²) < 4.78 is 0. The van der Waals surface area contributed by atoms with Gasteiger partial charge in [0.25, 0.3) is 0 Å². The smallest absolute Gasteiger partial charge is 0.0605 e. The van der Waals surface area contributed by atoms with Crippen LogP contribution in [-0.2, 0) is 0 Å². The van der Waals surface area contributed by atoms with Crippen LogP contribution in [0.5, 0.6) is 0 Å². The molecule has 1 aliphatic carbocycles. The first kappa shape index (κ1) is 10.8. The van der Waals surface area contributed by atoms with Crippen LogP contribution >= 0.6 is 0 Å². The highest BCUT2D eigenvalue weighted by atomic mass is 16.3. The molecule has 1 rings (SSSR count). The molecule has 1 unspecified atom stereocenters. The molecule has 1 nitrogen and oxygen atoms in total. The molecule has 1 heteroatoms. The molecule has 0 bridgehead atoms. The van der Waals surface area contributed by atoms with Gasteiger partial charge in [0.2, 0.25) is 0 Å². The van der Waals surface area contributed by atoms with Gasteiger partial charge < -0.3 is 5.11 Å². The topological polar surface area (TPSA) is 20.2 Å². The third kappa shape index (κ3) is 2.14. The van der Waals surface area contributed by atoms with Crippen molar-refractivity contribution in [3.63, 3.8) is 0 Å². The van der Waals surface area contributed by atoms with E-state index in [2.05, 4.69) is 19.9 Å². The lowest BCUT2D eigenvalue weighted by atomic mass is 9.88. The molecule has 0 spiro atoms. The molecule has 0 aromatic rings. The zero-order chi connectivity index (χ0) is 9.90. The quantitative estimate of drug-likeness (QED) is 0.647. The van der Waals surface area contributed by atoms with Gasteiger partial charge >= 0.3 is 0 Å². The van der Waals surface area contributed by atoms with Gasteiger partial charge in [-0.2, -0.15) is 0 Å². The molecule has 0 heterocycles. The van der Waals surface area contributed by atoms with Crippen LogP contribution in [0.15, 0.2) is 11.6 Å². The lowest BCUT2D eigenvalue weighted by Crippen LogP contribution is -2.20. The van der Waals surface area contributed by atoms with Crippen LogP contribution in [0.2, 0.25) is 0 Å². The molecule has 13 heavy (non-hydrogen) atoms. The largest absolute Gasteiger partial charge is 0.393 e. The molecular formula is C12H22O. The Labute approximate surface area is 81.9 Å². The number of unbranched alkanes of at least 4 members (excludes halogenated alkanes) is 1. The Hall–Kier alpha value is -0.300. The Morgan fingerprint density at radius 3 is 2.38 bits per heavy atom. The van der Waals surface area contributed by atoms with E-state index in [0.717, 1.165) is 12.8 Å². The molecule has 1 atom stereocenters. The van der Waals surface area contributed by atoms with E-state index in [1.165, 1.54) is 24.8 Å². The summed E-state index contributed by atoms with van der Waals surface area (Å²) in [4.78, 5) is 0. The van der Waals surface area contributed by atoms with Gasteiger partial charge in [-0.3, -0.25) is 0 Å². The van der Waals surface area contributed by atoms with Gasteiger partial charge in [0, 0.05) is 5.41 Å². The van der Waals surface area contributed by atoms with E-state index in [4.69, 9.17) is 0 Å². The van der Waals surface area contributed by atoms with Crippen molar-refractivity contribution in [2.45, 2.75) is 59.0 Å². The summed E-state index contributed by atoms with van der Waals surface area (Å²) in [5, 5.41) is 9.70. The third-order valence-corrected chi connectivity index (χ3v) is 3.29. The highest BCUT2D eigenvalue weighted by Crippen LogP contribution is 2.55. The van der Waals surface area contributed by atoms with E-state index in [9.17, 15) is 5.11 Å². The first-order valence-electron chi connectivity index (χ1n) is 5.55. The van der Waals surface area contributed by atoms with Crippen LogP contribution < -0.4 is 0 Å². The van der Waals surface area contributed by atoms with Crippen LogP contribution in [0.1, 0.15) is 52.9 Å². The minimum Gasteiger partial charge on any atom is -0.393 e. The molecule has 0 amide bonds. The fourth-order valence-electron chi connectivity index (χ4n) is 2.16. The Balaban J connectivity index is 2.66. The third-order valence-electron chi connectivity index (χ3n) is 3.29. The SMILES string of the molecule is CCC/C=C(\CC)C1(C(C)O)CC1. The first-order valence-corrected chi connectivity index (χ1v) is 5.55. The van der Waals surface area contributed by atoms with Crippen molar-refractivity contribution in [1.82, 2.24) is 0 Å². The van der Waals surface area contributed by atoms with E-state index in [0.29, 0.717) is 0 Å². The average molecular weight is 182 g/mol. The lowest BCUT2D eigenvalue weighted by molar-refractivity contribution is 0.129. The van der Waals surface area contributed by atoms with Gasteiger partial charge in [0.1, 0.15) is 0 Å². The number of allylic oxidation sites excluding steroid dienone is 1. The van der Waals surface area contributed by atoms with Crippen molar-refractivity contribution in [2.24, 2.45) is 5.41 Å². The monoisotopic (exact) mass is 182 g/mol. The molecule has 1 saturated carbocycles. The van der Waals surface area contributed by atoms with Crippen LogP contribution in [0, 0.1) is 5.41 Å². The molecule has 0 aromatic heterocycles. The average Bonchev–Trinajstić information content (AvgIpc) is 2.87. The first-order chi connectivity index (χ1) is 6.17. The number of hydrogen-bond acceptors (Lipinski definition) is 1. The Morgan fingerprint density at radius 2 is 2.08 bits per heavy atom. The van der Waals surface area contributed by atoms with Gasteiger partial charge in [0.05, 0.1) is 6.10 Å². The molecule has 0 radical (unpaired) electrons. The predicted octanol–water partition coefficient (Wildman–Crippen LogP) is 3.28. The second kappa shape index (κ2) is 4.28. The summed E-state index contributed by atoms with van der Waals surface area (Å²) in [5.74, 6) is 0. The van der Waals surface area contributed by atoms with E-state index in [1.54, 1.807) is 0 Å². The zero-order valence-electron chi connectivity index (χ0n) is 9.14. The van der Waals surface area contributed by atoms with Crippen LogP contribution in [0.25, 0.3) is 0 Å². The van der Waals surface area contributed by atoms with Crippen molar-refractivity contribution in [3.8, 4) is 0 Å². The standard InChI is InChI=1S/C12H22O/c1-4-6-7-11(5-2)12(8-9-12)10(3)13/h7,10,13H,4-6,8-9H2,1-3H3/b11-7+. The van der Waals surface area contributed by atoms with Crippen LogP contribution in [-0.4, -0.2) is 11.2 Å². The molecule has 1 N–H and O–H groups in total. The summed E-state index contributed by atoms with van der Waals surface area (Å²) >= 11 is 0. The van der Waals surface area contributed by atoms with Crippen molar-refractivity contribution in [2.75, 3.05) is 0 Å². The molecule has 0 aromatic carbocycles. The van der Waals surface area contributed by atoms with Crippen molar-refractivity contribution < 1.29 is 5.11 Å². The second-order valence-electron chi connectivity index (χ2n) is 4.20. The highest BCUT2D eigenvalue weighted by Gasteiger charge is 2.48. The summed E-state index contributed by atoms with van der Waals surface area (Å²) in [6.45, 7) is 6.33. The molecule has 76 valence electrons. The van der Waals surface area contributed by atoms with E-state index >= 15 is 0 Å². The molecule has 1 fully saturated rings. The predicted molar refractivity (Wildman–Crippen MR) is 56.6 cm³/mol. The number of hydrogen-bond donors (Lipinski definition) is 1. The lowest BCUT2D eigenvalue weighted by Gasteiger charge is -2.21. The molecule has 1 aliphatic rings. The van der Waals surface area contributed by atoms with E-state index in [-0.39, 0.29) is 11.5 Å². The van der Waals surface area contributed by atoms with E-state index in [1.807, 2.05) is 6.92 Å². The van der Waals surface area contributed by atoms with Crippen LogP contribution in [0.3, 0.4) is 0 Å². The summed E-state index contributed by atoms with van der Waals surface area (Å²) in [7, 11) is 0. The minimum absolute atomic E-state index is 0.157. The van der Waals surface area contributed by atoms with E-state index < -0.39 is 0 Å². The van der Waals surface area contributed by atoms with Crippen LogP contribution in [0.4, 0.5) is 0 Å². The summed E-state index contributed by atoms with van der Waals surface area (Å²) in [6, 6.07) is 0. The second-order valence-corrected chi connectivity index (χ2v) is 4.20. The van der Waals surface area contributed by atoms with Crippen molar-refractivity contribution in [1.29, 1.82) is 0 Å². The van der Waals surface area contributed by atoms with Gasteiger partial charge in [-0.15, -0.1) is 0 Å². The fourth-order valence-corrected chi connectivity index (χ4v) is 2.16. The maximum absolute atomic E-state index is 9.70. The van der Waals surface area contributed by atoms with Crippen molar-refractivity contribution >= 4 is 0 Å². The van der Waals surface area contributed by atoms with Gasteiger partial charge in [0.15, 0.2) is 0 Å². The fraction of sp³-hybridized carbons (Fsp3) is 0.833. The molecular weight excluding hydrogens is 160 g/mol. The summed E-state index contributed by atoms with van der Waals surface area (Å²) in [5.41, 5.74) is 1.67. The van der Waals surface area contributed by atoms with Crippen molar-refractivity contribution in [3.05, 3.63) is 11.6 Å². The zero-order valence-corrected chi connectivity index (χ0v) is 9.14.